The average molecular weight is 251 g/mol. The lowest BCUT2D eigenvalue weighted by Crippen LogP contribution is -2.26. The van der Waals surface area contributed by atoms with E-state index in [-0.39, 0.29) is 6.42 Å². The molecule has 2 rings (SSSR count). The van der Waals surface area contributed by atoms with Crippen LogP contribution in [0.25, 0.3) is 0 Å². The number of carboxylic acids is 1. The number of carbonyl (C=O) groups is 1. The van der Waals surface area contributed by atoms with E-state index in [1.54, 1.807) is 10.3 Å². The third-order valence-corrected chi connectivity index (χ3v) is 5.63. The second-order valence-corrected chi connectivity index (χ2v) is 8.55. The molecule has 2 N–H and O–H groups in total. The van der Waals surface area contributed by atoms with Crippen molar-refractivity contribution in [3.05, 3.63) is 0 Å². The van der Waals surface area contributed by atoms with E-state index in [0.717, 1.165) is 13.2 Å². The van der Waals surface area contributed by atoms with Crippen molar-refractivity contribution in [2.45, 2.75) is 19.3 Å². The molecule has 1 heterocycles. The van der Waals surface area contributed by atoms with Gasteiger partial charge in [0, 0.05) is 12.0 Å². The zero-order chi connectivity index (χ0) is 10.7. The Bertz CT molecular complexity index is 289. The molecule has 1 atom stereocenters. The summed E-state index contributed by atoms with van der Waals surface area (Å²) in [7, 11) is 2.04. The van der Waals surface area contributed by atoms with E-state index >= 15 is 0 Å². The predicted molar refractivity (Wildman–Crippen MR) is 63.7 cm³/mol. The molecule has 0 radical (unpaired) electrons. The van der Waals surface area contributed by atoms with E-state index in [0.29, 0.717) is 21.7 Å². The quantitative estimate of drug-likeness (QED) is 0.422. The molecule has 0 aromatic carbocycles. The Balaban J connectivity index is 1.56. The van der Waals surface area contributed by atoms with Crippen LogP contribution in [0, 0.1) is 5.41 Å². The van der Waals surface area contributed by atoms with Crippen molar-refractivity contribution in [1.82, 2.24) is 4.72 Å². The number of hydrogen-bond acceptors (Lipinski definition) is 3. The first-order valence-corrected chi connectivity index (χ1v) is 8.20. The number of ether oxygens (including phenoxy) is 1. The SMILES string of the molecule is O=C(O)CCOCC1(CNS2=[SH]C2)CC1. The highest BCUT2D eigenvalue weighted by Crippen LogP contribution is 2.45. The fourth-order valence-electron chi connectivity index (χ4n) is 1.35. The fraction of sp³-hybridized carbons (Fsp3) is 0.889. The molecule has 0 bridgehead atoms. The van der Waals surface area contributed by atoms with E-state index in [4.69, 9.17) is 9.84 Å². The second kappa shape index (κ2) is 4.95. The van der Waals surface area contributed by atoms with Gasteiger partial charge in [0.15, 0.2) is 0 Å². The minimum atomic E-state index is -0.781. The summed E-state index contributed by atoms with van der Waals surface area (Å²) in [6.45, 7) is 2.12. The summed E-state index contributed by atoms with van der Waals surface area (Å²) >= 11 is 0. The predicted octanol–water partition coefficient (Wildman–Crippen LogP) is 0.0818. The van der Waals surface area contributed by atoms with Crippen molar-refractivity contribution in [3.8, 4) is 0 Å². The van der Waals surface area contributed by atoms with Crippen molar-refractivity contribution in [2.24, 2.45) is 5.41 Å². The van der Waals surface area contributed by atoms with E-state index < -0.39 is 5.97 Å². The molecule has 4 nitrogen and oxygen atoms in total. The van der Waals surface area contributed by atoms with Crippen LogP contribution in [0.3, 0.4) is 0 Å². The highest BCUT2D eigenvalue weighted by atomic mass is 32.9. The minimum absolute atomic E-state index is 0.118. The zero-order valence-corrected chi connectivity index (χ0v) is 10.3. The molecule has 1 aliphatic heterocycles. The summed E-state index contributed by atoms with van der Waals surface area (Å²) in [6.07, 6.45) is 2.56. The van der Waals surface area contributed by atoms with Gasteiger partial charge in [0.1, 0.15) is 0 Å². The summed E-state index contributed by atoms with van der Waals surface area (Å²) in [6, 6.07) is 0. The zero-order valence-electron chi connectivity index (χ0n) is 8.57. The average Bonchev–Trinajstić information content (AvgIpc) is 3.05. The summed E-state index contributed by atoms with van der Waals surface area (Å²) in [4.78, 5) is 10.3. The molecule has 0 spiro atoms. The van der Waals surface area contributed by atoms with E-state index in [9.17, 15) is 4.79 Å². The topological polar surface area (TPSA) is 58.6 Å². The van der Waals surface area contributed by atoms with Gasteiger partial charge in [-0.2, -0.15) is 10.3 Å². The molecule has 6 heteroatoms. The first kappa shape index (κ1) is 11.6. The Morgan fingerprint density at radius 3 is 2.87 bits per heavy atom. The smallest absolute Gasteiger partial charge is 0.305 e. The maximum Gasteiger partial charge on any atom is 0.305 e. The van der Waals surface area contributed by atoms with Gasteiger partial charge in [-0.15, -0.1) is 0 Å². The van der Waals surface area contributed by atoms with Gasteiger partial charge in [-0.1, -0.05) is 9.64 Å². The van der Waals surface area contributed by atoms with Gasteiger partial charge in [0.2, 0.25) is 0 Å². The standard InChI is InChI=1S/C9H17NO3S2/c11-8(12)1-4-13-6-9(2-3-9)5-10-15-7-14-15/h10,14H,1-7H2,(H,11,12). The molecule has 0 saturated heterocycles. The summed E-state index contributed by atoms with van der Waals surface area (Å²) in [5, 5.41) is 9.77. The molecular weight excluding hydrogens is 234 g/mol. The van der Waals surface area contributed by atoms with Gasteiger partial charge in [0.05, 0.1) is 24.7 Å². The lowest BCUT2D eigenvalue weighted by atomic mass is 10.1. The first-order valence-electron chi connectivity index (χ1n) is 5.12. The molecule has 1 fully saturated rings. The number of carboxylic acid groups (broad SMARTS) is 1. The molecular formula is C9H17NO3S2. The van der Waals surface area contributed by atoms with Crippen molar-refractivity contribution in [2.75, 3.05) is 24.8 Å². The highest BCUT2D eigenvalue weighted by Gasteiger charge is 2.42. The highest BCUT2D eigenvalue weighted by molar-refractivity contribution is 8.51. The molecule has 0 aromatic rings. The van der Waals surface area contributed by atoms with Crippen LogP contribution in [0.5, 0.6) is 0 Å². The molecule has 1 aliphatic carbocycles. The van der Waals surface area contributed by atoms with Crippen molar-refractivity contribution in [3.63, 3.8) is 0 Å². The maximum absolute atomic E-state index is 10.3. The van der Waals surface area contributed by atoms with Gasteiger partial charge < -0.3 is 9.84 Å². The van der Waals surface area contributed by atoms with Crippen LogP contribution in [0.1, 0.15) is 19.3 Å². The number of thiol groups is 1. The lowest BCUT2D eigenvalue weighted by molar-refractivity contribution is -0.138. The third kappa shape index (κ3) is 4.22. The van der Waals surface area contributed by atoms with Gasteiger partial charge >= 0.3 is 5.97 Å². The minimum Gasteiger partial charge on any atom is -0.481 e. The number of rotatable bonds is 8. The summed E-state index contributed by atoms with van der Waals surface area (Å²) in [5.74, 6) is -0.781. The molecule has 0 amide bonds. The number of aliphatic carboxylic acids is 1. The largest absolute Gasteiger partial charge is 0.481 e. The van der Waals surface area contributed by atoms with Crippen molar-refractivity contribution >= 4 is 25.9 Å². The Hall–Kier alpha value is 0.0900. The van der Waals surface area contributed by atoms with Gasteiger partial charge in [-0.3, -0.25) is 9.52 Å². The Morgan fingerprint density at radius 2 is 2.33 bits per heavy atom. The first-order chi connectivity index (χ1) is 7.20. The van der Waals surface area contributed by atoms with E-state index in [1.807, 2.05) is 0 Å². The van der Waals surface area contributed by atoms with Crippen LogP contribution in [0.15, 0.2) is 0 Å². The second-order valence-electron chi connectivity index (χ2n) is 4.14. The Kier molecular flexibility index (Phi) is 3.82. The Morgan fingerprint density at radius 1 is 1.60 bits per heavy atom. The molecule has 1 saturated carbocycles. The molecule has 88 valence electrons. The van der Waals surface area contributed by atoms with Crippen molar-refractivity contribution < 1.29 is 14.6 Å². The molecule has 15 heavy (non-hydrogen) atoms. The van der Waals surface area contributed by atoms with Gasteiger partial charge in [-0.25, -0.2) is 0 Å². The van der Waals surface area contributed by atoms with Crippen molar-refractivity contribution in [1.29, 1.82) is 0 Å². The lowest BCUT2D eigenvalue weighted by Gasteiger charge is -2.14. The monoisotopic (exact) mass is 251 g/mol. The summed E-state index contributed by atoms with van der Waals surface area (Å²) < 4.78 is 8.93. The fourth-order valence-corrected chi connectivity index (χ4v) is 3.43. The number of hydrogen-bond donors (Lipinski definition) is 3. The Labute approximate surface area is 95.1 Å². The normalized spacial score (nSPS) is 26.3. The van der Waals surface area contributed by atoms with Crippen LogP contribution in [0.4, 0.5) is 0 Å². The van der Waals surface area contributed by atoms with Crippen LogP contribution >= 0.6 is 0 Å². The van der Waals surface area contributed by atoms with Gasteiger partial charge in [0.25, 0.3) is 0 Å². The maximum atomic E-state index is 10.3. The van der Waals surface area contributed by atoms with E-state index in [2.05, 4.69) is 4.72 Å². The van der Waals surface area contributed by atoms with Crippen LogP contribution < -0.4 is 4.72 Å². The van der Waals surface area contributed by atoms with Crippen LogP contribution in [-0.2, 0) is 29.5 Å². The molecule has 2 aliphatic rings. The van der Waals surface area contributed by atoms with Crippen LogP contribution in [-0.4, -0.2) is 35.9 Å². The van der Waals surface area contributed by atoms with E-state index in [1.165, 1.54) is 17.9 Å². The van der Waals surface area contributed by atoms with Gasteiger partial charge in [-0.05, 0) is 12.8 Å². The third-order valence-electron chi connectivity index (χ3n) is 2.70. The summed E-state index contributed by atoms with van der Waals surface area (Å²) in [5.41, 5.74) is 0.337. The number of nitrogens with one attached hydrogen (secondary N) is 1. The van der Waals surface area contributed by atoms with Crippen LogP contribution in [0.2, 0.25) is 0 Å². The molecule has 1 unspecified atom stereocenters. The molecule has 0 aromatic heterocycles.